The van der Waals surface area contributed by atoms with Crippen LogP contribution in [0.25, 0.3) is 0 Å². The maximum atomic E-state index is 12.5. The molecular formula is C17H19N3O5. The average molecular weight is 345 g/mol. The summed E-state index contributed by atoms with van der Waals surface area (Å²) in [6.45, 7) is -0.366. The number of amides is 4. The molecule has 4 amide bonds. The van der Waals surface area contributed by atoms with Crippen LogP contribution in [-0.4, -0.2) is 47.9 Å². The van der Waals surface area contributed by atoms with Crippen LogP contribution in [0.15, 0.2) is 24.3 Å². The third-order valence-electron chi connectivity index (χ3n) is 4.57. The number of rotatable bonds is 4. The lowest BCUT2D eigenvalue weighted by Gasteiger charge is -2.19. The molecule has 1 heterocycles. The first-order valence-electron chi connectivity index (χ1n) is 8.07. The van der Waals surface area contributed by atoms with E-state index in [0.29, 0.717) is 24.1 Å². The molecule has 0 bridgehead atoms. The Bertz CT molecular complexity index is 740. The van der Waals surface area contributed by atoms with Gasteiger partial charge in [-0.25, -0.2) is 9.59 Å². The van der Waals surface area contributed by atoms with Crippen molar-refractivity contribution >= 4 is 29.5 Å². The quantitative estimate of drug-likeness (QED) is 0.632. The zero-order chi connectivity index (χ0) is 18.0. The van der Waals surface area contributed by atoms with E-state index in [0.717, 1.165) is 17.7 Å². The van der Waals surface area contributed by atoms with Gasteiger partial charge in [-0.15, -0.1) is 0 Å². The molecule has 0 atom stereocenters. The first-order chi connectivity index (χ1) is 11.9. The number of urea groups is 1. The molecule has 1 aromatic carbocycles. The molecule has 1 saturated heterocycles. The van der Waals surface area contributed by atoms with Gasteiger partial charge in [-0.05, 0) is 31.0 Å². The number of methoxy groups -OCH3 is 1. The van der Waals surface area contributed by atoms with Gasteiger partial charge in [-0.2, -0.15) is 0 Å². The topological polar surface area (TPSA) is 105 Å². The lowest BCUT2D eigenvalue weighted by Crippen LogP contribution is -2.44. The van der Waals surface area contributed by atoms with Gasteiger partial charge >= 0.3 is 12.0 Å². The molecule has 0 unspecified atom stereocenters. The molecule has 1 aliphatic carbocycles. The van der Waals surface area contributed by atoms with Crippen LogP contribution in [0.1, 0.15) is 36.0 Å². The monoisotopic (exact) mass is 345 g/mol. The first-order valence-corrected chi connectivity index (χ1v) is 8.07. The molecule has 3 rings (SSSR count). The van der Waals surface area contributed by atoms with Crippen molar-refractivity contribution in [1.29, 1.82) is 0 Å². The van der Waals surface area contributed by atoms with Crippen molar-refractivity contribution in [3.63, 3.8) is 0 Å². The maximum absolute atomic E-state index is 12.5. The first kappa shape index (κ1) is 16.9. The van der Waals surface area contributed by atoms with Crippen LogP contribution in [0.3, 0.4) is 0 Å². The Balaban J connectivity index is 1.66. The number of nitrogens with one attached hydrogen (secondary N) is 2. The highest BCUT2D eigenvalue weighted by atomic mass is 16.5. The highest BCUT2D eigenvalue weighted by Gasteiger charge is 2.52. The van der Waals surface area contributed by atoms with Crippen molar-refractivity contribution in [3.05, 3.63) is 29.8 Å². The summed E-state index contributed by atoms with van der Waals surface area (Å²) in [6, 6.07) is 5.69. The summed E-state index contributed by atoms with van der Waals surface area (Å²) in [7, 11) is 1.27. The van der Waals surface area contributed by atoms with Crippen molar-refractivity contribution in [3.8, 4) is 0 Å². The van der Waals surface area contributed by atoms with Crippen molar-refractivity contribution in [2.24, 2.45) is 0 Å². The molecule has 132 valence electrons. The highest BCUT2D eigenvalue weighted by Crippen LogP contribution is 2.34. The van der Waals surface area contributed by atoms with Gasteiger partial charge in [0.1, 0.15) is 12.1 Å². The summed E-state index contributed by atoms with van der Waals surface area (Å²) in [6.07, 6.45) is 2.98. The van der Waals surface area contributed by atoms with E-state index < -0.39 is 23.4 Å². The maximum Gasteiger partial charge on any atom is 0.337 e. The summed E-state index contributed by atoms with van der Waals surface area (Å²) < 4.78 is 4.63. The van der Waals surface area contributed by atoms with Gasteiger partial charge in [0.15, 0.2) is 0 Å². The second kappa shape index (κ2) is 6.54. The van der Waals surface area contributed by atoms with Gasteiger partial charge in [0, 0.05) is 5.69 Å². The minimum atomic E-state index is -0.831. The Morgan fingerprint density at radius 3 is 2.68 bits per heavy atom. The largest absolute Gasteiger partial charge is 0.465 e. The zero-order valence-corrected chi connectivity index (χ0v) is 13.8. The van der Waals surface area contributed by atoms with Crippen LogP contribution in [0.2, 0.25) is 0 Å². The van der Waals surface area contributed by atoms with E-state index in [1.165, 1.54) is 13.2 Å². The minimum absolute atomic E-state index is 0.292. The molecule has 8 nitrogen and oxygen atoms in total. The molecular weight excluding hydrogens is 326 g/mol. The highest BCUT2D eigenvalue weighted by molar-refractivity contribution is 6.10. The van der Waals surface area contributed by atoms with E-state index in [1.54, 1.807) is 18.2 Å². The Morgan fingerprint density at radius 1 is 1.28 bits per heavy atom. The van der Waals surface area contributed by atoms with Gasteiger partial charge in [0.05, 0.1) is 12.7 Å². The molecule has 25 heavy (non-hydrogen) atoms. The molecule has 1 saturated carbocycles. The lowest BCUT2D eigenvalue weighted by molar-refractivity contribution is -0.133. The predicted octanol–water partition coefficient (Wildman–Crippen LogP) is 1.28. The second-order valence-corrected chi connectivity index (χ2v) is 6.23. The fraction of sp³-hybridized carbons (Fsp3) is 0.412. The molecule has 1 aliphatic heterocycles. The molecule has 2 fully saturated rings. The summed E-state index contributed by atoms with van der Waals surface area (Å²) in [5, 5.41) is 5.31. The van der Waals surface area contributed by atoms with Crippen molar-refractivity contribution in [2.75, 3.05) is 19.0 Å². The van der Waals surface area contributed by atoms with Crippen molar-refractivity contribution in [1.82, 2.24) is 10.2 Å². The Hall–Kier alpha value is -2.90. The summed E-state index contributed by atoms with van der Waals surface area (Å²) in [4.78, 5) is 49.3. The minimum Gasteiger partial charge on any atom is -0.465 e. The van der Waals surface area contributed by atoms with Gasteiger partial charge in [-0.3, -0.25) is 14.5 Å². The predicted molar refractivity (Wildman–Crippen MR) is 87.9 cm³/mol. The van der Waals surface area contributed by atoms with Crippen LogP contribution in [0.4, 0.5) is 10.5 Å². The number of ether oxygens (including phenoxy) is 1. The van der Waals surface area contributed by atoms with E-state index in [-0.39, 0.29) is 12.5 Å². The Labute approximate surface area is 144 Å². The molecule has 0 aromatic heterocycles. The molecule has 2 aliphatic rings. The molecule has 2 N–H and O–H groups in total. The van der Waals surface area contributed by atoms with Gasteiger partial charge in [0.2, 0.25) is 5.91 Å². The number of anilines is 1. The van der Waals surface area contributed by atoms with Crippen LogP contribution in [-0.2, 0) is 14.3 Å². The standard InChI is InChI=1S/C17H19N3O5/c1-25-14(22)11-5-4-6-12(9-11)18-13(21)10-20-15(23)17(19-16(20)24)7-2-3-8-17/h4-6,9H,2-3,7-8,10H2,1H3,(H,18,21)(H,19,24). The van der Waals surface area contributed by atoms with E-state index >= 15 is 0 Å². The lowest BCUT2D eigenvalue weighted by atomic mass is 9.98. The van der Waals surface area contributed by atoms with E-state index in [2.05, 4.69) is 15.4 Å². The SMILES string of the molecule is COC(=O)c1cccc(NC(=O)CN2C(=O)NC3(CCCC3)C2=O)c1. The molecule has 1 spiro atoms. The van der Waals surface area contributed by atoms with Gasteiger partial charge in [-0.1, -0.05) is 18.9 Å². The summed E-state index contributed by atoms with van der Waals surface area (Å²) in [5.74, 6) is -1.37. The van der Waals surface area contributed by atoms with Gasteiger partial charge in [0.25, 0.3) is 5.91 Å². The van der Waals surface area contributed by atoms with Crippen molar-refractivity contribution in [2.45, 2.75) is 31.2 Å². The number of benzene rings is 1. The van der Waals surface area contributed by atoms with Crippen LogP contribution < -0.4 is 10.6 Å². The molecule has 8 heteroatoms. The number of hydrogen-bond acceptors (Lipinski definition) is 5. The van der Waals surface area contributed by atoms with Gasteiger partial charge < -0.3 is 15.4 Å². The zero-order valence-electron chi connectivity index (χ0n) is 13.8. The van der Waals surface area contributed by atoms with E-state index in [4.69, 9.17) is 0 Å². The van der Waals surface area contributed by atoms with Crippen LogP contribution in [0, 0.1) is 0 Å². The Kier molecular flexibility index (Phi) is 4.43. The fourth-order valence-corrected chi connectivity index (χ4v) is 3.32. The number of esters is 1. The molecule has 1 aromatic rings. The number of carbonyl (C=O) groups is 4. The summed E-state index contributed by atoms with van der Waals surface area (Å²) >= 11 is 0. The fourth-order valence-electron chi connectivity index (χ4n) is 3.32. The smallest absolute Gasteiger partial charge is 0.337 e. The number of hydrogen-bond donors (Lipinski definition) is 2. The third-order valence-corrected chi connectivity index (χ3v) is 4.57. The third kappa shape index (κ3) is 3.19. The van der Waals surface area contributed by atoms with Crippen molar-refractivity contribution < 1.29 is 23.9 Å². The van der Waals surface area contributed by atoms with Crippen LogP contribution in [0.5, 0.6) is 0 Å². The van der Waals surface area contributed by atoms with E-state index in [1.807, 2.05) is 0 Å². The number of carbonyl (C=O) groups excluding carboxylic acids is 4. The Morgan fingerprint density at radius 2 is 2.00 bits per heavy atom. The number of imide groups is 1. The van der Waals surface area contributed by atoms with E-state index in [9.17, 15) is 19.2 Å². The normalized spacial score (nSPS) is 18.4. The second-order valence-electron chi connectivity index (χ2n) is 6.23. The summed E-state index contributed by atoms with van der Waals surface area (Å²) in [5.41, 5.74) is -0.155. The molecule has 0 radical (unpaired) electrons. The number of nitrogens with zero attached hydrogens (tertiary/aromatic N) is 1. The average Bonchev–Trinajstić information content (AvgIpc) is 3.15. The van der Waals surface area contributed by atoms with Crippen LogP contribution >= 0.6 is 0 Å².